The zero-order valence-corrected chi connectivity index (χ0v) is 10.6. The van der Waals surface area contributed by atoms with Crippen LogP contribution in [0.2, 0.25) is 0 Å². The highest BCUT2D eigenvalue weighted by Crippen LogP contribution is 2.60. The van der Waals surface area contributed by atoms with Crippen LogP contribution in [0.5, 0.6) is 0 Å². The van der Waals surface area contributed by atoms with E-state index < -0.39 is 0 Å². The van der Waals surface area contributed by atoms with Crippen LogP contribution in [0.3, 0.4) is 0 Å². The van der Waals surface area contributed by atoms with E-state index in [1.165, 1.54) is 32.4 Å². The molecule has 1 nitrogen and oxygen atoms in total. The molecule has 0 unspecified atom stereocenters. The summed E-state index contributed by atoms with van der Waals surface area (Å²) in [4.78, 5) is 0. The van der Waals surface area contributed by atoms with Crippen LogP contribution in [0.4, 0.5) is 0 Å². The Kier molecular flexibility index (Phi) is 3.63. The van der Waals surface area contributed by atoms with Gasteiger partial charge in [-0.2, -0.15) is 0 Å². The van der Waals surface area contributed by atoms with Crippen LogP contribution in [-0.2, 0) is 0 Å². The normalized spacial score (nSPS) is 40.7. The van der Waals surface area contributed by atoms with E-state index in [0.29, 0.717) is 5.41 Å². The Labute approximate surface area is 89.7 Å². The van der Waals surface area contributed by atoms with Crippen molar-refractivity contribution in [1.29, 1.82) is 0 Å². The van der Waals surface area contributed by atoms with Crippen molar-refractivity contribution in [2.45, 2.75) is 53.9 Å². The zero-order chi connectivity index (χ0) is 10.8. The van der Waals surface area contributed by atoms with Crippen molar-refractivity contribution < 1.29 is 0 Å². The molecule has 1 aliphatic carbocycles. The zero-order valence-electron chi connectivity index (χ0n) is 10.6. The van der Waals surface area contributed by atoms with E-state index in [4.69, 9.17) is 0 Å². The Morgan fingerprint density at radius 2 is 1.71 bits per heavy atom. The van der Waals surface area contributed by atoms with Gasteiger partial charge in [0.05, 0.1) is 0 Å². The Balaban J connectivity index is 0.000000461. The minimum atomic E-state index is 0.659. The van der Waals surface area contributed by atoms with Crippen molar-refractivity contribution >= 4 is 0 Å². The van der Waals surface area contributed by atoms with E-state index in [1.807, 2.05) is 13.8 Å². The maximum atomic E-state index is 3.49. The molecule has 1 saturated heterocycles. The van der Waals surface area contributed by atoms with Crippen molar-refractivity contribution in [2.24, 2.45) is 16.7 Å². The Bertz CT molecular complexity index is 168. The maximum absolute atomic E-state index is 3.49. The van der Waals surface area contributed by atoms with Gasteiger partial charge in [0.25, 0.3) is 0 Å². The molecule has 2 aliphatic rings. The van der Waals surface area contributed by atoms with E-state index in [2.05, 4.69) is 26.1 Å². The standard InChI is InChI=1S/C11H21N.C2H6/c1-9(2)10(3)6-11(7-10)4-5-12-8-11;1-2/h9,12H,4-8H2,1-3H3;1-2H3. The molecule has 84 valence electrons. The molecule has 1 heteroatoms. The van der Waals surface area contributed by atoms with Crippen LogP contribution in [0.25, 0.3) is 0 Å². The third kappa shape index (κ3) is 1.98. The predicted octanol–water partition coefficient (Wildman–Crippen LogP) is 3.45. The first-order chi connectivity index (χ1) is 6.56. The fourth-order valence-electron chi connectivity index (χ4n) is 3.17. The quantitative estimate of drug-likeness (QED) is 0.679. The van der Waals surface area contributed by atoms with Crippen molar-refractivity contribution in [3.63, 3.8) is 0 Å². The molecular weight excluding hydrogens is 170 g/mol. The van der Waals surface area contributed by atoms with Gasteiger partial charge in [-0.15, -0.1) is 0 Å². The summed E-state index contributed by atoms with van der Waals surface area (Å²) >= 11 is 0. The average molecular weight is 197 g/mol. The number of hydrogen-bond acceptors (Lipinski definition) is 1. The van der Waals surface area contributed by atoms with Gasteiger partial charge in [0.1, 0.15) is 0 Å². The molecule has 1 saturated carbocycles. The molecule has 0 aromatic carbocycles. The maximum Gasteiger partial charge on any atom is 0.000870 e. The summed E-state index contributed by atoms with van der Waals surface area (Å²) in [6, 6.07) is 0. The van der Waals surface area contributed by atoms with Gasteiger partial charge in [-0.05, 0) is 42.6 Å². The first-order valence-corrected chi connectivity index (χ1v) is 6.27. The van der Waals surface area contributed by atoms with Crippen molar-refractivity contribution in [2.75, 3.05) is 13.1 Å². The van der Waals surface area contributed by atoms with Gasteiger partial charge in [-0.25, -0.2) is 0 Å². The molecule has 0 aromatic rings. The third-order valence-corrected chi connectivity index (χ3v) is 4.28. The molecule has 0 aromatic heterocycles. The molecular formula is C13H27N. The Morgan fingerprint density at radius 1 is 1.14 bits per heavy atom. The smallest absolute Gasteiger partial charge is 0.000870 e. The Hall–Kier alpha value is -0.0400. The molecule has 0 bridgehead atoms. The van der Waals surface area contributed by atoms with Gasteiger partial charge in [-0.1, -0.05) is 34.6 Å². The average Bonchev–Trinajstić information content (AvgIpc) is 2.55. The molecule has 14 heavy (non-hydrogen) atoms. The highest BCUT2D eigenvalue weighted by Gasteiger charge is 2.53. The molecule has 0 amide bonds. The lowest BCUT2D eigenvalue weighted by Crippen LogP contribution is -2.48. The molecule has 1 heterocycles. The second kappa shape index (κ2) is 4.22. The fraction of sp³-hybridized carbons (Fsp3) is 1.00. The van der Waals surface area contributed by atoms with Crippen molar-refractivity contribution in [3.8, 4) is 0 Å². The molecule has 1 N–H and O–H groups in total. The highest BCUT2D eigenvalue weighted by atomic mass is 14.9. The lowest BCUT2D eigenvalue weighted by molar-refractivity contribution is -0.0465. The number of hydrogen-bond donors (Lipinski definition) is 1. The van der Waals surface area contributed by atoms with E-state index in [-0.39, 0.29) is 0 Å². The summed E-state index contributed by atoms with van der Waals surface area (Å²) in [5.41, 5.74) is 1.38. The third-order valence-electron chi connectivity index (χ3n) is 4.28. The molecule has 0 atom stereocenters. The van der Waals surface area contributed by atoms with Crippen LogP contribution in [0, 0.1) is 16.7 Å². The second-order valence-electron chi connectivity index (χ2n) is 5.59. The molecule has 2 rings (SSSR count). The largest absolute Gasteiger partial charge is 0.316 e. The van der Waals surface area contributed by atoms with E-state index >= 15 is 0 Å². The van der Waals surface area contributed by atoms with Gasteiger partial charge in [-0.3, -0.25) is 0 Å². The van der Waals surface area contributed by atoms with Crippen LogP contribution < -0.4 is 5.32 Å². The van der Waals surface area contributed by atoms with Gasteiger partial charge in [0.2, 0.25) is 0 Å². The van der Waals surface area contributed by atoms with Crippen LogP contribution in [0.15, 0.2) is 0 Å². The monoisotopic (exact) mass is 197 g/mol. The number of rotatable bonds is 1. The lowest BCUT2D eigenvalue weighted by atomic mass is 9.49. The highest BCUT2D eigenvalue weighted by molar-refractivity contribution is 5.05. The first-order valence-electron chi connectivity index (χ1n) is 6.27. The van der Waals surface area contributed by atoms with Crippen molar-refractivity contribution in [3.05, 3.63) is 0 Å². The molecule has 1 aliphatic heterocycles. The van der Waals surface area contributed by atoms with Crippen molar-refractivity contribution in [1.82, 2.24) is 5.32 Å². The minimum Gasteiger partial charge on any atom is -0.316 e. The van der Waals surface area contributed by atoms with E-state index in [9.17, 15) is 0 Å². The SMILES string of the molecule is CC.CC(C)C1(C)CC2(CCNC2)C1. The van der Waals surface area contributed by atoms with Gasteiger partial charge in [0, 0.05) is 6.54 Å². The molecule has 1 spiro atoms. The summed E-state index contributed by atoms with van der Waals surface area (Å²) < 4.78 is 0. The first kappa shape index (κ1) is 12.0. The summed E-state index contributed by atoms with van der Waals surface area (Å²) in [6.07, 6.45) is 4.35. The van der Waals surface area contributed by atoms with Gasteiger partial charge in [0.15, 0.2) is 0 Å². The summed E-state index contributed by atoms with van der Waals surface area (Å²) in [7, 11) is 0. The summed E-state index contributed by atoms with van der Waals surface area (Å²) in [5, 5.41) is 3.49. The predicted molar refractivity (Wildman–Crippen MR) is 63.4 cm³/mol. The second-order valence-corrected chi connectivity index (χ2v) is 5.59. The van der Waals surface area contributed by atoms with E-state index in [0.717, 1.165) is 11.3 Å². The lowest BCUT2D eigenvalue weighted by Gasteiger charge is -2.55. The van der Waals surface area contributed by atoms with Gasteiger partial charge >= 0.3 is 0 Å². The Morgan fingerprint density at radius 3 is 2.07 bits per heavy atom. The molecule has 2 fully saturated rings. The van der Waals surface area contributed by atoms with E-state index in [1.54, 1.807) is 0 Å². The summed E-state index contributed by atoms with van der Waals surface area (Å²) in [5.74, 6) is 0.865. The fourth-order valence-corrected chi connectivity index (χ4v) is 3.17. The van der Waals surface area contributed by atoms with Crippen LogP contribution in [0.1, 0.15) is 53.9 Å². The molecule has 0 radical (unpaired) electrons. The minimum absolute atomic E-state index is 0.659. The van der Waals surface area contributed by atoms with Gasteiger partial charge < -0.3 is 5.32 Å². The topological polar surface area (TPSA) is 12.0 Å². The number of nitrogens with one attached hydrogen (secondary N) is 1. The summed E-state index contributed by atoms with van der Waals surface area (Å²) in [6.45, 7) is 13.7. The van der Waals surface area contributed by atoms with Crippen LogP contribution >= 0.6 is 0 Å². The van der Waals surface area contributed by atoms with Crippen LogP contribution in [-0.4, -0.2) is 13.1 Å².